The molecule has 0 bridgehead atoms. The monoisotopic (exact) mass is 263 g/mol. The number of diazo groups is 1. The third kappa shape index (κ3) is 2.18. The van der Waals surface area contributed by atoms with E-state index in [9.17, 15) is 0 Å². The van der Waals surface area contributed by atoms with Crippen LogP contribution in [0.25, 0.3) is 26.3 Å². The Morgan fingerprint density at radius 2 is 1.53 bits per heavy atom. The Balaban J connectivity index is 2.31. The molecule has 90 valence electrons. The second-order valence-corrected chi connectivity index (χ2v) is 4.96. The van der Waals surface area contributed by atoms with Gasteiger partial charge in [0.2, 0.25) is 9.77 Å². The van der Waals surface area contributed by atoms with Crippen LogP contribution in [0.4, 0.5) is 0 Å². The summed E-state index contributed by atoms with van der Waals surface area (Å²) < 4.78 is 3.26. The molecule has 0 radical (unpaired) electrons. The fraction of sp³-hybridized carbons (Fsp3) is 0. The lowest BCUT2D eigenvalue weighted by Crippen LogP contribution is -1.84. The summed E-state index contributed by atoms with van der Waals surface area (Å²) in [4.78, 5) is 0.979. The van der Waals surface area contributed by atoms with Crippen molar-refractivity contribution < 1.29 is 0 Å². The topological polar surface area (TPSA) is 28.1 Å². The summed E-state index contributed by atoms with van der Waals surface area (Å²) in [5.41, 5.74) is 2.21. The first-order chi connectivity index (χ1) is 9.40. The molecule has 3 aromatic carbocycles. The minimum atomic E-state index is 0.979. The van der Waals surface area contributed by atoms with Gasteiger partial charge in [0.25, 0.3) is 0 Å². The fourth-order valence-electron chi connectivity index (χ4n) is 2.23. The average Bonchev–Trinajstić information content (AvgIpc) is 2.49. The molecule has 0 saturated carbocycles. The SMILES string of the molecule is N#[N+]Sc1c(-c2ccccc2)ccc2ccccc12. The van der Waals surface area contributed by atoms with Crippen LogP contribution in [-0.4, -0.2) is 0 Å². The zero-order valence-corrected chi connectivity index (χ0v) is 11.0. The number of nitrogens with zero attached hydrogens (tertiary/aromatic N) is 2. The Labute approximate surface area is 115 Å². The van der Waals surface area contributed by atoms with Gasteiger partial charge in [0.1, 0.15) is 4.90 Å². The standard InChI is InChI=1S/C16H11N2S/c17-18-19-16-14-9-5-4-8-13(14)10-11-15(16)12-6-2-1-3-7-12/h1-11H/q+1. The molecule has 0 aliphatic carbocycles. The van der Waals surface area contributed by atoms with Crippen LogP contribution in [0.3, 0.4) is 0 Å². The first-order valence-electron chi connectivity index (χ1n) is 5.99. The first-order valence-corrected chi connectivity index (χ1v) is 6.76. The summed E-state index contributed by atoms with van der Waals surface area (Å²) in [7, 11) is 0. The molecule has 0 unspecified atom stereocenters. The quantitative estimate of drug-likeness (QED) is 0.459. The smallest absolute Gasteiger partial charge is 0.0622 e. The highest BCUT2D eigenvalue weighted by molar-refractivity contribution is 8.01. The van der Waals surface area contributed by atoms with Gasteiger partial charge in [-0.2, -0.15) is 0 Å². The largest absolute Gasteiger partial charge is 0.397 e. The molecule has 0 spiro atoms. The van der Waals surface area contributed by atoms with Crippen LogP contribution in [-0.2, 0) is 0 Å². The lowest BCUT2D eigenvalue weighted by Gasteiger charge is -2.06. The van der Waals surface area contributed by atoms with Gasteiger partial charge >= 0.3 is 11.9 Å². The summed E-state index contributed by atoms with van der Waals surface area (Å²) in [6.07, 6.45) is 0. The molecule has 0 N–H and O–H groups in total. The third-order valence-corrected chi connectivity index (χ3v) is 3.80. The van der Waals surface area contributed by atoms with Crippen molar-refractivity contribution in [3.8, 4) is 11.1 Å². The predicted molar refractivity (Wildman–Crippen MR) is 80.3 cm³/mol. The van der Waals surface area contributed by atoms with E-state index >= 15 is 0 Å². The van der Waals surface area contributed by atoms with E-state index in [1.54, 1.807) is 0 Å². The van der Waals surface area contributed by atoms with Crippen LogP contribution in [0.1, 0.15) is 0 Å². The molecule has 0 saturated heterocycles. The van der Waals surface area contributed by atoms with Crippen LogP contribution < -0.4 is 0 Å². The van der Waals surface area contributed by atoms with Crippen molar-refractivity contribution in [2.75, 3.05) is 0 Å². The molecule has 0 aromatic heterocycles. The van der Waals surface area contributed by atoms with E-state index in [2.05, 4.69) is 40.8 Å². The van der Waals surface area contributed by atoms with Gasteiger partial charge in [-0.25, -0.2) is 0 Å². The molecule has 0 aliphatic rings. The van der Waals surface area contributed by atoms with Crippen LogP contribution in [0.5, 0.6) is 0 Å². The van der Waals surface area contributed by atoms with Gasteiger partial charge in [-0.05, 0) is 10.9 Å². The first kappa shape index (κ1) is 11.8. The molecule has 0 amide bonds. The zero-order valence-electron chi connectivity index (χ0n) is 10.2. The van der Waals surface area contributed by atoms with Gasteiger partial charge in [0, 0.05) is 10.9 Å². The van der Waals surface area contributed by atoms with Gasteiger partial charge in [-0.1, -0.05) is 66.7 Å². The minimum absolute atomic E-state index is 0.979. The van der Waals surface area contributed by atoms with E-state index in [1.165, 1.54) is 0 Å². The molecule has 3 rings (SSSR count). The Kier molecular flexibility index (Phi) is 3.18. The van der Waals surface area contributed by atoms with Crippen molar-refractivity contribution in [1.29, 1.82) is 5.39 Å². The summed E-state index contributed by atoms with van der Waals surface area (Å²) in [6.45, 7) is 0. The fourth-order valence-corrected chi connectivity index (χ4v) is 2.88. The van der Waals surface area contributed by atoms with E-state index in [4.69, 9.17) is 5.39 Å². The van der Waals surface area contributed by atoms with E-state index < -0.39 is 0 Å². The molecule has 0 atom stereocenters. The predicted octanol–water partition coefficient (Wildman–Crippen LogP) is 5.37. The Hall–Kier alpha value is -2.31. The number of hydrogen-bond donors (Lipinski definition) is 0. The van der Waals surface area contributed by atoms with Crippen molar-refractivity contribution in [2.24, 2.45) is 0 Å². The maximum Gasteiger partial charge on any atom is 0.397 e. The Morgan fingerprint density at radius 1 is 0.789 bits per heavy atom. The molecule has 0 aliphatic heterocycles. The maximum absolute atomic E-state index is 8.94. The second kappa shape index (κ2) is 5.13. The highest BCUT2D eigenvalue weighted by Gasteiger charge is 2.16. The lowest BCUT2D eigenvalue weighted by molar-refractivity contribution is 1.49. The van der Waals surface area contributed by atoms with Crippen LogP contribution in [0, 0.1) is 5.39 Å². The summed E-state index contributed by atoms with van der Waals surface area (Å²) in [5, 5.41) is 11.2. The molecular weight excluding hydrogens is 252 g/mol. The van der Waals surface area contributed by atoms with Crippen molar-refractivity contribution in [3.63, 3.8) is 0 Å². The Morgan fingerprint density at radius 3 is 2.32 bits per heavy atom. The van der Waals surface area contributed by atoms with E-state index in [1.807, 2.05) is 30.3 Å². The van der Waals surface area contributed by atoms with Crippen molar-refractivity contribution in [1.82, 2.24) is 0 Å². The second-order valence-electron chi connectivity index (χ2n) is 4.20. The number of fused-ring (bicyclic) bond motifs is 1. The van der Waals surface area contributed by atoms with E-state index in [0.29, 0.717) is 0 Å². The average molecular weight is 263 g/mol. The molecule has 0 heterocycles. The normalized spacial score (nSPS) is 10.3. The van der Waals surface area contributed by atoms with Crippen LogP contribution in [0.2, 0.25) is 0 Å². The van der Waals surface area contributed by atoms with Crippen molar-refractivity contribution in [2.45, 2.75) is 4.90 Å². The molecule has 3 aromatic rings. The van der Waals surface area contributed by atoms with Crippen LogP contribution in [0.15, 0.2) is 71.6 Å². The number of hydrogen-bond acceptors (Lipinski definition) is 2. The summed E-state index contributed by atoms with van der Waals surface area (Å²) in [6, 6.07) is 22.4. The third-order valence-electron chi connectivity index (χ3n) is 3.10. The molecular formula is C16H11N2S+. The van der Waals surface area contributed by atoms with Crippen molar-refractivity contribution in [3.05, 3.63) is 71.1 Å². The van der Waals surface area contributed by atoms with Gasteiger partial charge in [0.15, 0.2) is 0 Å². The molecule has 2 nitrogen and oxygen atoms in total. The van der Waals surface area contributed by atoms with E-state index in [0.717, 1.165) is 38.7 Å². The lowest BCUT2D eigenvalue weighted by atomic mass is 10.0. The number of benzene rings is 3. The molecule has 19 heavy (non-hydrogen) atoms. The van der Waals surface area contributed by atoms with Crippen LogP contribution >= 0.6 is 11.9 Å². The highest BCUT2D eigenvalue weighted by Crippen LogP contribution is 2.37. The Bertz CT molecular complexity index is 761. The van der Waals surface area contributed by atoms with Gasteiger partial charge in [0.05, 0.1) is 0 Å². The zero-order chi connectivity index (χ0) is 13.1. The maximum atomic E-state index is 8.94. The van der Waals surface area contributed by atoms with Crippen molar-refractivity contribution >= 4 is 22.7 Å². The molecule has 0 fully saturated rings. The van der Waals surface area contributed by atoms with Gasteiger partial charge in [-0.3, -0.25) is 0 Å². The highest BCUT2D eigenvalue weighted by atomic mass is 32.2. The summed E-state index contributed by atoms with van der Waals surface area (Å²) in [5.74, 6) is 0. The van der Waals surface area contributed by atoms with E-state index in [-0.39, 0.29) is 0 Å². The minimum Gasteiger partial charge on any atom is -0.0622 e. The number of rotatable bonds is 2. The molecule has 3 heteroatoms. The van der Waals surface area contributed by atoms with Gasteiger partial charge in [-0.15, -0.1) is 0 Å². The van der Waals surface area contributed by atoms with Gasteiger partial charge < -0.3 is 0 Å². The summed E-state index contributed by atoms with van der Waals surface area (Å²) >= 11 is 1.11.